The summed E-state index contributed by atoms with van der Waals surface area (Å²) in [5, 5.41) is 43.1. The van der Waals surface area contributed by atoms with Crippen LogP contribution in [0.1, 0.15) is 24.8 Å². The Kier molecular flexibility index (Phi) is 5.70. The average Bonchev–Trinajstić information content (AvgIpc) is 2.96. The number of para-hydroxylation sites is 1. The fourth-order valence-electron chi connectivity index (χ4n) is 3.12. The lowest BCUT2D eigenvalue weighted by atomic mass is 10.1. The molecule has 1 aromatic carbocycles. The molecular weight excluding hydrogens is 372 g/mol. The number of nitro benzene ring substituents is 1. The molecule has 1 fully saturated rings. The van der Waals surface area contributed by atoms with Gasteiger partial charge in [-0.15, -0.1) is 0 Å². The first kappa shape index (κ1) is 19.9. The fraction of sp³-hybridized carbons (Fsp3) is 0.412. The van der Waals surface area contributed by atoms with Gasteiger partial charge in [0, 0.05) is 12.3 Å². The number of nitrogens with zero attached hydrogens (tertiary/aromatic N) is 3. The number of benzene rings is 1. The second kappa shape index (κ2) is 8.02. The highest BCUT2D eigenvalue weighted by Crippen LogP contribution is 2.29. The van der Waals surface area contributed by atoms with Gasteiger partial charge in [0.15, 0.2) is 6.23 Å². The number of nitrogens with one attached hydrogen (secondary N) is 1. The molecule has 2 heterocycles. The zero-order valence-corrected chi connectivity index (χ0v) is 14.9. The third kappa shape index (κ3) is 3.73. The fourth-order valence-corrected chi connectivity index (χ4v) is 3.12. The maximum atomic E-state index is 12.3. The normalized spacial score (nSPS) is 25.4. The van der Waals surface area contributed by atoms with E-state index in [4.69, 9.17) is 9.84 Å². The minimum absolute atomic E-state index is 0.0534. The molecule has 4 N–H and O–H groups in total. The molecule has 5 atom stereocenters. The van der Waals surface area contributed by atoms with E-state index in [-0.39, 0.29) is 11.5 Å². The molecule has 0 saturated carbocycles. The van der Waals surface area contributed by atoms with Gasteiger partial charge in [-0.2, -0.15) is 4.98 Å². The average molecular weight is 392 g/mol. The van der Waals surface area contributed by atoms with Gasteiger partial charge < -0.3 is 25.4 Å². The Hall–Kier alpha value is -2.86. The van der Waals surface area contributed by atoms with Crippen molar-refractivity contribution in [3.63, 3.8) is 0 Å². The number of hydrogen-bond donors (Lipinski definition) is 4. The van der Waals surface area contributed by atoms with Crippen LogP contribution in [0.15, 0.2) is 41.3 Å². The molecule has 3 rings (SSSR count). The smallest absolute Gasteiger partial charge is 0.351 e. The van der Waals surface area contributed by atoms with Crippen LogP contribution >= 0.6 is 0 Å². The maximum absolute atomic E-state index is 12.3. The Morgan fingerprint density at radius 1 is 1.32 bits per heavy atom. The highest BCUT2D eigenvalue weighted by atomic mass is 16.6. The molecule has 1 saturated heterocycles. The van der Waals surface area contributed by atoms with Gasteiger partial charge in [-0.1, -0.05) is 18.2 Å². The molecule has 0 spiro atoms. The van der Waals surface area contributed by atoms with Crippen molar-refractivity contribution < 1.29 is 25.0 Å². The second-order valence-electron chi connectivity index (χ2n) is 6.41. The number of hydrogen-bond acceptors (Lipinski definition) is 9. The summed E-state index contributed by atoms with van der Waals surface area (Å²) in [6.07, 6.45) is -3.61. The van der Waals surface area contributed by atoms with Crippen molar-refractivity contribution in [2.45, 2.75) is 37.5 Å². The number of ether oxygens (including phenoxy) is 1. The summed E-state index contributed by atoms with van der Waals surface area (Å²) in [7, 11) is 0. The van der Waals surface area contributed by atoms with Crippen LogP contribution in [0.5, 0.6) is 0 Å². The van der Waals surface area contributed by atoms with E-state index in [9.17, 15) is 25.1 Å². The Morgan fingerprint density at radius 2 is 2.04 bits per heavy atom. The van der Waals surface area contributed by atoms with Gasteiger partial charge in [0.2, 0.25) is 0 Å². The highest BCUT2D eigenvalue weighted by molar-refractivity contribution is 5.46. The molecule has 1 aliphatic heterocycles. The first-order valence-corrected chi connectivity index (χ1v) is 8.55. The predicted octanol–water partition coefficient (Wildman–Crippen LogP) is -0.0639. The molecule has 0 amide bonds. The lowest BCUT2D eigenvalue weighted by Gasteiger charge is -2.19. The van der Waals surface area contributed by atoms with Crippen LogP contribution in [0.3, 0.4) is 0 Å². The summed E-state index contributed by atoms with van der Waals surface area (Å²) >= 11 is 0. The zero-order valence-electron chi connectivity index (χ0n) is 14.9. The minimum atomic E-state index is -1.40. The van der Waals surface area contributed by atoms with Crippen molar-refractivity contribution in [1.82, 2.24) is 9.55 Å². The van der Waals surface area contributed by atoms with Gasteiger partial charge >= 0.3 is 5.69 Å². The minimum Gasteiger partial charge on any atom is -0.394 e. The van der Waals surface area contributed by atoms with Crippen molar-refractivity contribution in [2.75, 3.05) is 11.9 Å². The van der Waals surface area contributed by atoms with Crippen LogP contribution in [0, 0.1) is 10.1 Å². The molecule has 2 aromatic rings. The van der Waals surface area contributed by atoms with Crippen molar-refractivity contribution in [3.05, 3.63) is 62.7 Å². The van der Waals surface area contributed by atoms with Gasteiger partial charge in [0.05, 0.1) is 23.1 Å². The number of aromatic nitrogens is 2. The molecule has 0 radical (unpaired) electrons. The van der Waals surface area contributed by atoms with E-state index in [0.29, 0.717) is 5.56 Å². The van der Waals surface area contributed by atoms with Crippen molar-refractivity contribution in [1.29, 1.82) is 0 Å². The molecule has 0 bridgehead atoms. The summed E-state index contributed by atoms with van der Waals surface area (Å²) < 4.78 is 6.32. The van der Waals surface area contributed by atoms with Gasteiger partial charge in [-0.25, -0.2) is 4.79 Å². The van der Waals surface area contributed by atoms with E-state index in [1.807, 2.05) is 0 Å². The molecule has 0 aliphatic carbocycles. The number of aliphatic hydroxyl groups excluding tert-OH is 3. The summed E-state index contributed by atoms with van der Waals surface area (Å²) in [5.41, 5.74) is -0.376. The van der Waals surface area contributed by atoms with Gasteiger partial charge in [0.25, 0.3) is 5.69 Å². The van der Waals surface area contributed by atoms with Crippen LogP contribution in [-0.2, 0) is 4.74 Å². The molecule has 11 heteroatoms. The van der Waals surface area contributed by atoms with E-state index < -0.39 is 47.8 Å². The van der Waals surface area contributed by atoms with Crippen molar-refractivity contribution >= 4 is 11.5 Å². The third-order valence-corrected chi connectivity index (χ3v) is 4.59. The quantitative estimate of drug-likeness (QED) is 0.390. The molecule has 28 heavy (non-hydrogen) atoms. The predicted molar refractivity (Wildman–Crippen MR) is 96.6 cm³/mol. The Labute approximate surface area is 159 Å². The van der Waals surface area contributed by atoms with E-state index >= 15 is 0 Å². The zero-order chi connectivity index (χ0) is 20.4. The standard InChI is InChI=1S/C17H20N4O7/c1-9(10-4-2-3-5-11(10)21(26)27)18-13-6-7-20(17(25)19-13)16-15(24)14(23)12(8-22)28-16/h2-7,9,12,14-16,22-24H,8H2,1H3,(H,18,19,25)/t9?,12-,14-,15-,16-/m1/s1. The molecular formula is C17H20N4O7. The summed E-state index contributed by atoms with van der Waals surface area (Å²) in [5.74, 6) is 0.179. The van der Waals surface area contributed by atoms with Crippen LogP contribution in [-0.4, -0.2) is 54.7 Å². The van der Waals surface area contributed by atoms with Gasteiger partial charge in [-0.05, 0) is 13.0 Å². The maximum Gasteiger partial charge on any atom is 0.351 e. The van der Waals surface area contributed by atoms with E-state index in [1.54, 1.807) is 25.1 Å². The Balaban J connectivity index is 1.80. The Morgan fingerprint density at radius 3 is 2.64 bits per heavy atom. The van der Waals surface area contributed by atoms with Crippen LogP contribution < -0.4 is 11.0 Å². The monoisotopic (exact) mass is 392 g/mol. The molecule has 150 valence electrons. The van der Waals surface area contributed by atoms with E-state index in [0.717, 1.165) is 4.57 Å². The summed E-state index contributed by atoms with van der Waals surface area (Å²) in [6.45, 7) is 1.19. The SMILES string of the molecule is CC(Nc1ccn([C@@H]2O[C@H](CO)[C@@H](O)[C@H]2O)c(=O)n1)c1ccccc1[N+](=O)[O-]. The van der Waals surface area contributed by atoms with Gasteiger partial charge in [0.1, 0.15) is 24.1 Å². The third-order valence-electron chi connectivity index (χ3n) is 4.59. The number of rotatable bonds is 6. The van der Waals surface area contributed by atoms with Crippen LogP contribution in [0.25, 0.3) is 0 Å². The van der Waals surface area contributed by atoms with Crippen molar-refractivity contribution in [3.8, 4) is 0 Å². The van der Waals surface area contributed by atoms with Gasteiger partial charge in [-0.3, -0.25) is 14.7 Å². The molecule has 1 unspecified atom stereocenters. The highest BCUT2D eigenvalue weighted by Gasteiger charge is 2.43. The topological polar surface area (TPSA) is 160 Å². The molecule has 1 aromatic heterocycles. The first-order chi connectivity index (χ1) is 13.3. The number of nitro groups is 1. The first-order valence-electron chi connectivity index (χ1n) is 8.55. The number of aliphatic hydroxyl groups is 3. The second-order valence-corrected chi connectivity index (χ2v) is 6.41. The molecule has 11 nitrogen and oxygen atoms in total. The van der Waals surface area contributed by atoms with E-state index in [1.165, 1.54) is 18.3 Å². The molecule has 1 aliphatic rings. The lowest BCUT2D eigenvalue weighted by Crippen LogP contribution is -2.36. The lowest BCUT2D eigenvalue weighted by molar-refractivity contribution is -0.385. The Bertz CT molecular complexity index is 918. The number of anilines is 1. The van der Waals surface area contributed by atoms with Crippen LogP contribution in [0.2, 0.25) is 0 Å². The summed E-state index contributed by atoms with van der Waals surface area (Å²) in [4.78, 5) is 26.9. The van der Waals surface area contributed by atoms with E-state index in [2.05, 4.69) is 10.3 Å². The summed E-state index contributed by atoms with van der Waals surface area (Å²) in [6, 6.07) is 7.18. The van der Waals surface area contributed by atoms with Crippen molar-refractivity contribution in [2.24, 2.45) is 0 Å². The van der Waals surface area contributed by atoms with Crippen LogP contribution in [0.4, 0.5) is 11.5 Å². The largest absolute Gasteiger partial charge is 0.394 e.